The first kappa shape index (κ1) is 15.8. The van der Waals surface area contributed by atoms with Gasteiger partial charge in [-0.15, -0.1) is 10.2 Å². The first-order valence-corrected chi connectivity index (χ1v) is 8.33. The standard InChI is InChI=1S/C19H11F3N2S/c20-19(21,22)16-9-7-13(8-10-16)17-23-24-18(25-17)15-6-5-12-3-1-2-4-14(12)11-15/h1-11H. The van der Waals surface area contributed by atoms with Crippen LogP contribution >= 0.6 is 11.3 Å². The van der Waals surface area contributed by atoms with Gasteiger partial charge < -0.3 is 0 Å². The maximum atomic E-state index is 12.6. The van der Waals surface area contributed by atoms with E-state index in [0.717, 1.165) is 33.5 Å². The Morgan fingerprint density at radius 3 is 1.96 bits per heavy atom. The molecular formula is C19H11F3N2S. The minimum Gasteiger partial charge on any atom is -0.166 e. The van der Waals surface area contributed by atoms with Gasteiger partial charge in [0.1, 0.15) is 10.0 Å². The number of hydrogen-bond donors (Lipinski definition) is 0. The topological polar surface area (TPSA) is 25.8 Å². The van der Waals surface area contributed by atoms with Crippen LogP contribution in [0.5, 0.6) is 0 Å². The van der Waals surface area contributed by atoms with Crippen molar-refractivity contribution in [2.24, 2.45) is 0 Å². The number of fused-ring (bicyclic) bond motifs is 1. The largest absolute Gasteiger partial charge is 0.416 e. The Hall–Kier alpha value is -2.73. The van der Waals surface area contributed by atoms with Crippen LogP contribution in [0.25, 0.3) is 31.9 Å². The van der Waals surface area contributed by atoms with Crippen molar-refractivity contribution in [2.75, 3.05) is 0 Å². The second-order valence-corrected chi connectivity index (χ2v) is 6.53. The number of rotatable bonds is 2. The molecule has 3 aromatic carbocycles. The van der Waals surface area contributed by atoms with Gasteiger partial charge in [-0.3, -0.25) is 0 Å². The molecule has 0 radical (unpaired) electrons. The summed E-state index contributed by atoms with van der Waals surface area (Å²) in [5.74, 6) is 0. The minimum absolute atomic E-state index is 0.594. The molecule has 0 aliphatic heterocycles. The second kappa shape index (κ2) is 5.97. The van der Waals surface area contributed by atoms with Gasteiger partial charge >= 0.3 is 6.18 Å². The van der Waals surface area contributed by atoms with Gasteiger partial charge in [-0.05, 0) is 29.0 Å². The number of hydrogen-bond acceptors (Lipinski definition) is 3. The van der Waals surface area contributed by atoms with Crippen LogP contribution < -0.4 is 0 Å². The highest BCUT2D eigenvalue weighted by molar-refractivity contribution is 7.17. The monoisotopic (exact) mass is 356 g/mol. The van der Waals surface area contributed by atoms with E-state index in [1.165, 1.54) is 23.5 Å². The van der Waals surface area contributed by atoms with Crippen molar-refractivity contribution < 1.29 is 13.2 Å². The fraction of sp³-hybridized carbons (Fsp3) is 0.0526. The zero-order chi connectivity index (χ0) is 17.4. The van der Waals surface area contributed by atoms with Crippen molar-refractivity contribution in [3.63, 3.8) is 0 Å². The summed E-state index contributed by atoms with van der Waals surface area (Å²) in [5.41, 5.74) is 0.891. The summed E-state index contributed by atoms with van der Waals surface area (Å²) in [5, 5.41) is 11.9. The highest BCUT2D eigenvalue weighted by Crippen LogP contribution is 2.34. The van der Waals surface area contributed by atoms with E-state index in [1.807, 2.05) is 42.5 Å². The molecule has 0 unspecified atom stereocenters. The molecule has 25 heavy (non-hydrogen) atoms. The molecule has 0 spiro atoms. The molecule has 0 saturated carbocycles. The summed E-state index contributed by atoms with van der Waals surface area (Å²) in [6.45, 7) is 0. The van der Waals surface area contributed by atoms with Crippen LogP contribution in [-0.2, 0) is 6.18 Å². The molecule has 0 fully saturated rings. The molecule has 0 amide bonds. The summed E-state index contributed by atoms with van der Waals surface area (Å²) in [4.78, 5) is 0. The Labute approximate surface area is 145 Å². The third-order valence-corrected chi connectivity index (χ3v) is 4.90. The molecule has 0 aliphatic carbocycles. The van der Waals surface area contributed by atoms with E-state index in [4.69, 9.17) is 0 Å². The molecule has 1 heterocycles. The van der Waals surface area contributed by atoms with Gasteiger partial charge in [0.25, 0.3) is 0 Å². The summed E-state index contributed by atoms with van der Waals surface area (Å²) in [7, 11) is 0. The second-order valence-electron chi connectivity index (χ2n) is 5.55. The molecule has 4 aromatic rings. The normalized spacial score (nSPS) is 11.8. The lowest BCUT2D eigenvalue weighted by Crippen LogP contribution is -2.03. The first-order chi connectivity index (χ1) is 12.0. The van der Waals surface area contributed by atoms with E-state index in [-0.39, 0.29) is 0 Å². The molecule has 0 N–H and O–H groups in total. The molecule has 1 aromatic heterocycles. The summed E-state index contributed by atoms with van der Waals surface area (Å²) >= 11 is 1.36. The molecular weight excluding hydrogens is 345 g/mol. The lowest BCUT2D eigenvalue weighted by atomic mass is 10.1. The highest BCUT2D eigenvalue weighted by atomic mass is 32.1. The van der Waals surface area contributed by atoms with Crippen LogP contribution in [0.1, 0.15) is 5.56 Å². The lowest BCUT2D eigenvalue weighted by molar-refractivity contribution is -0.137. The zero-order valence-electron chi connectivity index (χ0n) is 12.8. The van der Waals surface area contributed by atoms with Gasteiger partial charge in [0.15, 0.2) is 0 Å². The summed E-state index contributed by atoms with van der Waals surface area (Å²) in [6, 6.07) is 19.0. The van der Waals surface area contributed by atoms with Gasteiger partial charge in [-0.2, -0.15) is 13.2 Å². The van der Waals surface area contributed by atoms with E-state index in [2.05, 4.69) is 10.2 Å². The average Bonchev–Trinajstić information content (AvgIpc) is 3.11. The summed E-state index contributed by atoms with van der Waals surface area (Å²) < 4.78 is 37.9. The molecule has 0 aliphatic rings. The van der Waals surface area contributed by atoms with Crippen molar-refractivity contribution in [1.82, 2.24) is 10.2 Å². The van der Waals surface area contributed by atoms with E-state index < -0.39 is 11.7 Å². The quantitative estimate of drug-likeness (QED) is 0.437. The predicted molar refractivity (Wildman–Crippen MR) is 93.3 cm³/mol. The van der Waals surface area contributed by atoms with Gasteiger partial charge in [-0.25, -0.2) is 0 Å². The van der Waals surface area contributed by atoms with Crippen molar-refractivity contribution in [3.05, 3.63) is 72.3 Å². The fourth-order valence-electron chi connectivity index (χ4n) is 2.58. The van der Waals surface area contributed by atoms with Crippen molar-refractivity contribution in [2.45, 2.75) is 6.18 Å². The SMILES string of the molecule is FC(F)(F)c1ccc(-c2nnc(-c3ccc4ccccc4c3)s2)cc1. The summed E-state index contributed by atoms with van der Waals surface area (Å²) in [6.07, 6.45) is -4.34. The Kier molecular flexibility index (Phi) is 3.77. The van der Waals surface area contributed by atoms with Gasteiger partial charge in [0, 0.05) is 11.1 Å². The molecule has 0 saturated heterocycles. The third-order valence-electron chi connectivity index (χ3n) is 3.88. The number of alkyl halides is 3. The lowest BCUT2D eigenvalue weighted by Gasteiger charge is -2.06. The Balaban J connectivity index is 1.67. The first-order valence-electron chi connectivity index (χ1n) is 7.51. The molecule has 0 atom stereocenters. The number of aromatic nitrogens is 2. The van der Waals surface area contributed by atoms with Crippen LogP contribution in [0, 0.1) is 0 Å². The van der Waals surface area contributed by atoms with Crippen LogP contribution in [0.15, 0.2) is 66.7 Å². The van der Waals surface area contributed by atoms with Gasteiger partial charge in [0.05, 0.1) is 5.56 Å². The van der Waals surface area contributed by atoms with Gasteiger partial charge in [0.2, 0.25) is 0 Å². The molecule has 6 heteroatoms. The smallest absolute Gasteiger partial charge is 0.166 e. The van der Waals surface area contributed by atoms with E-state index in [9.17, 15) is 13.2 Å². The van der Waals surface area contributed by atoms with Crippen LogP contribution in [-0.4, -0.2) is 10.2 Å². The van der Waals surface area contributed by atoms with E-state index >= 15 is 0 Å². The Morgan fingerprint density at radius 1 is 0.680 bits per heavy atom. The molecule has 124 valence electrons. The molecule has 4 rings (SSSR count). The fourth-order valence-corrected chi connectivity index (χ4v) is 3.43. The Morgan fingerprint density at radius 2 is 1.28 bits per heavy atom. The maximum Gasteiger partial charge on any atom is 0.416 e. The zero-order valence-corrected chi connectivity index (χ0v) is 13.6. The number of benzene rings is 3. The maximum absolute atomic E-state index is 12.6. The minimum atomic E-state index is -4.34. The molecule has 2 nitrogen and oxygen atoms in total. The van der Waals surface area contributed by atoms with Crippen molar-refractivity contribution in [3.8, 4) is 21.1 Å². The van der Waals surface area contributed by atoms with E-state index in [0.29, 0.717) is 10.6 Å². The van der Waals surface area contributed by atoms with Crippen molar-refractivity contribution in [1.29, 1.82) is 0 Å². The van der Waals surface area contributed by atoms with E-state index in [1.54, 1.807) is 0 Å². The van der Waals surface area contributed by atoms with Crippen molar-refractivity contribution >= 4 is 22.1 Å². The van der Waals surface area contributed by atoms with Gasteiger partial charge in [-0.1, -0.05) is 59.9 Å². The highest BCUT2D eigenvalue weighted by Gasteiger charge is 2.30. The van der Waals surface area contributed by atoms with Crippen LogP contribution in [0.3, 0.4) is 0 Å². The van der Waals surface area contributed by atoms with Crippen LogP contribution in [0.2, 0.25) is 0 Å². The number of nitrogens with zero attached hydrogens (tertiary/aromatic N) is 2. The molecule has 0 bridgehead atoms. The Bertz CT molecular complexity index is 1040. The van der Waals surface area contributed by atoms with Crippen LogP contribution in [0.4, 0.5) is 13.2 Å². The predicted octanol–water partition coefficient (Wildman–Crippen LogP) is 6.04. The third kappa shape index (κ3) is 3.13. The number of halogens is 3. The average molecular weight is 356 g/mol.